The van der Waals surface area contributed by atoms with Crippen molar-refractivity contribution in [1.29, 1.82) is 0 Å². The Morgan fingerprint density at radius 2 is 1.94 bits per heavy atom. The Morgan fingerprint density at radius 1 is 1.17 bits per heavy atom. The predicted octanol–water partition coefficient (Wildman–Crippen LogP) is 3.73. The molecule has 1 atom stereocenters. The zero-order valence-electron chi connectivity index (χ0n) is 10.3. The molecule has 0 amide bonds. The predicted molar refractivity (Wildman–Crippen MR) is 75.1 cm³/mol. The summed E-state index contributed by atoms with van der Waals surface area (Å²) in [6.07, 6.45) is 0. The Labute approximate surface area is 112 Å². The highest BCUT2D eigenvalue weighted by atomic mass is 35.5. The van der Waals surface area contributed by atoms with Crippen LogP contribution in [0.4, 0.5) is 0 Å². The number of ether oxygens (including phenoxy) is 1. The standard InChI is InChI=1S/C15H16ClNO/c1-11-5-4-6-12(9-11)18-10-15(17)13-7-2-3-8-14(13)16/h2-9,15H,10,17H2,1H3. The van der Waals surface area contributed by atoms with Crippen LogP contribution >= 0.6 is 11.6 Å². The molecule has 3 heteroatoms. The molecule has 0 aliphatic rings. The normalized spacial score (nSPS) is 12.2. The zero-order valence-corrected chi connectivity index (χ0v) is 11.0. The molecule has 0 bridgehead atoms. The van der Waals surface area contributed by atoms with Gasteiger partial charge in [-0.3, -0.25) is 0 Å². The van der Waals surface area contributed by atoms with Crippen LogP contribution < -0.4 is 10.5 Å². The molecule has 1 unspecified atom stereocenters. The van der Waals surface area contributed by atoms with Crippen LogP contribution in [0.25, 0.3) is 0 Å². The third-order valence-corrected chi connectivity index (χ3v) is 3.07. The maximum absolute atomic E-state index is 6.09. The quantitative estimate of drug-likeness (QED) is 0.910. The lowest BCUT2D eigenvalue weighted by atomic mass is 10.1. The summed E-state index contributed by atoms with van der Waals surface area (Å²) in [4.78, 5) is 0. The van der Waals surface area contributed by atoms with Gasteiger partial charge in [-0.1, -0.05) is 41.9 Å². The smallest absolute Gasteiger partial charge is 0.119 e. The van der Waals surface area contributed by atoms with E-state index in [2.05, 4.69) is 0 Å². The molecule has 2 aromatic rings. The van der Waals surface area contributed by atoms with E-state index in [0.717, 1.165) is 11.3 Å². The molecule has 0 radical (unpaired) electrons. The van der Waals surface area contributed by atoms with Crippen LogP contribution in [0.2, 0.25) is 5.02 Å². The highest BCUT2D eigenvalue weighted by molar-refractivity contribution is 6.31. The Kier molecular flexibility index (Phi) is 4.24. The third kappa shape index (κ3) is 3.25. The molecule has 0 spiro atoms. The first-order valence-corrected chi connectivity index (χ1v) is 6.24. The summed E-state index contributed by atoms with van der Waals surface area (Å²) in [6.45, 7) is 2.44. The summed E-state index contributed by atoms with van der Waals surface area (Å²) >= 11 is 6.09. The van der Waals surface area contributed by atoms with Gasteiger partial charge in [0, 0.05) is 5.02 Å². The zero-order chi connectivity index (χ0) is 13.0. The molecule has 2 nitrogen and oxygen atoms in total. The SMILES string of the molecule is Cc1cccc(OCC(N)c2ccccc2Cl)c1. The van der Waals surface area contributed by atoms with Crippen LogP contribution in [0.5, 0.6) is 5.75 Å². The molecule has 94 valence electrons. The van der Waals surface area contributed by atoms with Gasteiger partial charge in [-0.25, -0.2) is 0 Å². The third-order valence-electron chi connectivity index (χ3n) is 2.72. The summed E-state index contributed by atoms with van der Waals surface area (Å²) in [7, 11) is 0. The van der Waals surface area contributed by atoms with E-state index < -0.39 is 0 Å². The Hall–Kier alpha value is -1.51. The maximum Gasteiger partial charge on any atom is 0.119 e. The van der Waals surface area contributed by atoms with Crippen molar-refractivity contribution in [2.45, 2.75) is 13.0 Å². The maximum atomic E-state index is 6.09. The van der Waals surface area contributed by atoms with Crippen LogP contribution in [0.15, 0.2) is 48.5 Å². The topological polar surface area (TPSA) is 35.2 Å². The molecule has 2 aromatic carbocycles. The van der Waals surface area contributed by atoms with Gasteiger partial charge in [0.15, 0.2) is 0 Å². The lowest BCUT2D eigenvalue weighted by Gasteiger charge is -2.15. The van der Waals surface area contributed by atoms with Crippen LogP contribution in [0.1, 0.15) is 17.2 Å². The Bertz CT molecular complexity index is 527. The van der Waals surface area contributed by atoms with Crippen LogP contribution in [-0.2, 0) is 0 Å². The summed E-state index contributed by atoms with van der Waals surface area (Å²) in [5, 5.41) is 0.679. The number of hydrogen-bond acceptors (Lipinski definition) is 2. The number of benzene rings is 2. The fraction of sp³-hybridized carbons (Fsp3) is 0.200. The summed E-state index contributed by atoms with van der Waals surface area (Å²) in [6, 6.07) is 15.3. The number of rotatable bonds is 4. The lowest BCUT2D eigenvalue weighted by molar-refractivity contribution is 0.290. The minimum Gasteiger partial charge on any atom is -0.492 e. The van der Waals surface area contributed by atoms with Crippen molar-refractivity contribution in [1.82, 2.24) is 0 Å². The van der Waals surface area contributed by atoms with Gasteiger partial charge in [-0.2, -0.15) is 0 Å². The highest BCUT2D eigenvalue weighted by Gasteiger charge is 2.10. The van der Waals surface area contributed by atoms with Crippen LogP contribution in [0, 0.1) is 6.92 Å². The second kappa shape index (κ2) is 5.89. The van der Waals surface area contributed by atoms with Crippen molar-refractivity contribution >= 4 is 11.6 Å². The van der Waals surface area contributed by atoms with Gasteiger partial charge >= 0.3 is 0 Å². The van der Waals surface area contributed by atoms with Gasteiger partial charge in [0.05, 0.1) is 6.04 Å². The molecule has 0 saturated heterocycles. The lowest BCUT2D eigenvalue weighted by Crippen LogP contribution is -2.19. The van der Waals surface area contributed by atoms with E-state index in [4.69, 9.17) is 22.1 Å². The van der Waals surface area contributed by atoms with Gasteiger partial charge in [0.2, 0.25) is 0 Å². The first-order chi connectivity index (χ1) is 8.66. The molecule has 18 heavy (non-hydrogen) atoms. The van der Waals surface area contributed by atoms with Gasteiger partial charge < -0.3 is 10.5 Å². The van der Waals surface area contributed by atoms with E-state index in [1.165, 1.54) is 5.56 Å². The van der Waals surface area contributed by atoms with Crippen LogP contribution in [-0.4, -0.2) is 6.61 Å². The molecule has 2 N–H and O–H groups in total. The minimum absolute atomic E-state index is 0.223. The van der Waals surface area contributed by atoms with Crippen molar-refractivity contribution in [2.75, 3.05) is 6.61 Å². The Balaban J connectivity index is 2.00. The fourth-order valence-corrected chi connectivity index (χ4v) is 2.03. The van der Waals surface area contributed by atoms with Crippen molar-refractivity contribution in [3.63, 3.8) is 0 Å². The Morgan fingerprint density at radius 3 is 2.67 bits per heavy atom. The van der Waals surface area contributed by atoms with E-state index in [1.807, 2.05) is 55.5 Å². The molecule has 2 rings (SSSR count). The first kappa shape index (κ1) is 12.9. The fourth-order valence-electron chi connectivity index (χ4n) is 1.76. The largest absolute Gasteiger partial charge is 0.492 e. The van der Waals surface area contributed by atoms with E-state index in [-0.39, 0.29) is 6.04 Å². The van der Waals surface area contributed by atoms with E-state index in [0.29, 0.717) is 11.6 Å². The molecule has 0 aromatic heterocycles. The van der Waals surface area contributed by atoms with E-state index in [9.17, 15) is 0 Å². The first-order valence-electron chi connectivity index (χ1n) is 5.86. The molecular formula is C15H16ClNO. The molecule has 0 fully saturated rings. The summed E-state index contributed by atoms with van der Waals surface area (Å²) < 4.78 is 5.67. The van der Waals surface area contributed by atoms with Gasteiger partial charge in [0.25, 0.3) is 0 Å². The number of hydrogen-bond donors (Lipinski definition) is 1. The van der Waals surface area contributed by atoms with Crippen molar-refractivity contribution < 1.29 is 4.74 Å². The van der Waals surface area contributed by atoms with E-state index >= 15 is 0 Å². The van der Waals surface area contributed by atoms with Crippen molar-refractivity contribution in [2.24, 2.45) is 5.73 Å². The molecule has 0 aliphatic heterocycles. The highest BCUT2D eigenvalue weighted by Crippen LogP contribution is 2.22. The average Bonchev–Trinajstić information content (AvgIpc) is 2.37. The van der Waals surface area contributed by atoms with Crippen molar-refractivity contribution in [3.05, 3.63) is 64.7 Å². The second-order valence-electron chi connectivity index (χ2n) is 4.26. The molecule has 0 aliphatic carbocycles. The van der Waals surface area contributed by atoms with Gasteiger partial charge in [-0.05, 0) is 36.2 Å². The van der Waals surface area contributed by atoms with Gasteiger partial charge in [-0.15, -0.1) is 0 Å². The second-order valence-corrected chi connectivity index (χ2v) is 4.66. The summed E-state index contributed by atoms with van der Waals surface area (Å²) in [5.74, 6) is 0.831. The minimum atomic E-state index is -0.223. The average molecular weight is 262 g/mol. The van der Waals surface area contributed by atoms with Gasteiger partial charge in [0.1, 0.15) is 12.4 Å². The number of aryl methyl sites for hydroxylation is 1. The molecular weight excluding hydrogens is 246 g/mol. The van der Waals surface area contributed by atoms with E-state index in [1.54, 1.807) is 0 Å². The summed E-state index contributed by atoms with van der Waals surface area (Å²) in [5.41, 5.74) is 8.15. The number of halogens is 1. The van der Waals surface area contributed by atoms with Crippen molar-refractivity contribution in [3.8, 4) is 5.75 Å². The molecule has 0 heterocycles. The van der Waals surface area contributed by atoms with Crippen LogP contribution in [0.3, 0.4) is 0 Å². The number of nitrogens with two attached hydrogens (primary N) is 1. The molecule has 0 saturated carbocycles. The monoisotopic (exact) mass is 261 g/mol.